The van der Waals surface area contributed by atoms with Crippen LogP contribution in [-0.2, 0) is 32.4 Å². The van der Waals surface area contributed by atoms with Crippen LogP contribution in [0.25, 0.3) is 0 Å². The third-order valence-electron chi connectivity index (χ3n) is 4.07. The van der Waals surface area contributed by atoms with Gasteiger partial charge in [-0.1, -0.05) is 32.5 Å². The molecule has 0 bridgehead atoms. The van der Waals surface area contributed by atoms with Crippen LogP contribution in [0.2, 0.25) is 0 Å². The molecule has 2 fully saturated rings. The minimum Gasteiger partial charge on any atom is -0.394 e. The minimum absolute atomic E-state index is 0.0479. The van der Waals surface area contributed by atoms with Gasteiger partial charge in [-0.2, -0.15) is 0 Å². The van der Waals surface area contributed by atoms with E-state index in [2.05, 4.69) is 0 Å². The Balaban J connectivity index is 1.96. The highest BCUT2D eigenvalue weighted by Gasteiger charge is 2.39. The lowest BCUT2D eigenvalue weighted by molar-refractivity contribution is -0.117. The largest absolute Gasteiger partial charge is 0.475 e. The monoisotopic (exact) mass is 446 g/mol. The number of ether oxygens (including phenoxy) is 2. The Labute approximate surface area is 172 Å². The Morgan fingerprint density at radius 3 is 2.54 bits per heavy atom. The van der Waals surface area contributed by atoms with E-state index < -0.39 is 57.4 Å². The topological polar surface area (TPSA) is 121 Å². The summed E-state index contributed by atoms with van der Waals surface area (Å²) in [7, 11) is -4.20. The molecule has 2 aliphatic heterocycles. The minimum atomic E-state index is -4.20. The summed E-state index contributed by atoms with van der Waals surface area (Å²) in [6.07, 6.45) is -3.37. The van der Waals surface area contributed by atoms with Crippen molar-refractivity contribution in [1.82, 2.24) is 0 Å². The number of aliphatic hydroxyl groups is 2. The standard InChI is InChI=1S/C17H31O9PS/c1-17(2,3)16(20)28-9-8-24-27(21,25-11-15-12(19)4-6-23-15)26-13-5-7-22-14(13)10-18/h12-15,18-19H,4-11H2,1-3H3/t12-,13-,14-,15-,27+/m1/s1/i6T,7T/t6-,7-,12+,13+,14+,15+,27-/m0. The Morgan fingerprint density at radius 1 is 1.25 bits per heavy atom. The molecule has 28 heavy (non-hydrogen) atoms. The predicted molar refractivity (Wildman–Crippen MR) is 103 cm³/mol. The van der Waals surface area contributed by atoms with Crippen molar-refractivity contribution in [2.75, 3.05) is 38.7 Å². The van der Waals surface area contributed by atoms with Gasteiger partial charge in [0.15, 0.2) is 5.12 Å². The SMILES string of the molecule is [3H][C@H]1C[C@@H](O)[C@@H](CO[P@](=O)(OCCSC(=O)C(C)(C)C)O[C@@H]2C[C@H]([3H])O[C@@H]2CO)O1. The summed E-state index contributed by atoms with van der Waals surface area (Å²) in [6.45, 7) is 2.66. The van der Waals surface area contributed by atoms with Crippen LogP contribution >= 0.6 is 19.6 Å². The number of rotatable bonds is 10. The van der Waals surface area contributed by atoms with Gasteiger partial charge in [0.1, 0.15) is 18.3 Å². The first kappa shape index (κ1) is 21.2. The molecule has 0 unspecified atom stereocenters. The predicted octanol–water partition coefficient (Wildman–Crippen LogP) is 1.75. The zero-order chi connectivity index (χ0) is 22.5. The number of phosphoric ester groups is 1. The summed E-state index contributed by atoms with van der Waals surface area (Å²) in [4.78, 5) is 12.0. The van der Waals surface area contributed by atoms with Crippen molar-refractivity contribution in [2.24, 2.45) is 5.41 Å². The molecule has 0 radical (unpaired) electrons. The quantitative estimate of drug-likeness (QED) is 0.379. The molecule has 9 nitrogen and oxygen atoms in total. The molecular weight excluding hydrogens is 411 g/mol. The van der Waals surface area contributed by atoms with Crippen LogP contribution in [0, 0.1) is 5.41 Å². The summed E-state index contributed by atoms with van der Waals surface area (Å²) in [6, 6.07) is 0. The van der Waals surface area contributed by atoms with Gasteiger partial charge in [-0.15, -0.1) is 0 Å². The van der Waals surface area contributed by atoms with Crippen molar-refractivity contribution < 1.29 is 45.4 Å². The van der Waals surface area contributed by atoms with Crippen LogP contribution in [-0.4, -0.2) is 78.5 Å². The molecule has 0 aromatic carbocycles. The van der Waals surface area contributed by atoms with Crippen LogP contribution in [0.3, 0.4) is 0 Å². The number of thioether (sulfide) groups is 1. The molecule has 2 saturated heterocycles. The molecule has 0 aromatic heterocycles. The molecular formula is C17H31O9PS. The van der Waals surface area contributed by atoms with Crippen molar-refractivity contribution in [3.63, 3.8) is 0 Å². The van der Waals surface area contributed by atoms with Gasteiger partial charge in [0.25, 0.3) is 0 Å². The summed E-state index contributed by atoms with van der Waals surface area (Å²) in [5.74, 6) is 0.218. The highest BCUT2D eigenvalue weighted by molar-refractivity contribution is 8.13. The molecule has 0 spiro atoms. The average molecular weight is 446 g/mol. The van der Waals surface area contributed by atoms with Gasteiger partial charge in [0.2, 0.25) is 0 Å². The molecule has 0 aliphatic carbocycles. The molecule has 0 amide bonds. The normalized spacial score (nSPS) is 36.8. The van der Waals surface area contributed by atoms with E-state index in [4.69, 9.17) is 25.8 Å². The van der Waals surface area contributed by atoms with E-state index in [0.29, 0.717) is 0 Å². The maximum atomic E-state index is 13.2. The summed E-state index contributed by atoms with van der Waals surface area (Å²) >= 11 is 1.04. The zero-order valence-corrected chi connectivity index (χ0v) is 18.0. The number of carbonyl (C=O) groups is 1. The molecule has 164 valence electrons. The van der Waals surface area contributed by atoms with Crippen molar-refractivity contribution in [2.45, 2.75) is 58.0 Å². The molecule has 2 aliphatic rings. The van der Waals surface area contributed by atoms with Crippen molar-refractivity contribution in [3.05, 3.63) is 0 Å². The van der Waals surface area contributed by atoms with E-state index in [1.54, 1.807) is 20.8 Å². The van der Waals surface area contributed by atoms with E-state index in [0.717, 1.165) is 11.8 Å². The van der Waals surface area contributed by atoms with E-state index in [1.807, 2.05) is 0 Å². The Morgan fingerprint density at radius 2 is 1.93 bits per heavy atom. The van der Waals surface area contributed by atoms with E-state index in [1.165, 1.54) is 0 Å². The van der Waals surface area contributed by atoms with Crippen LogP contribution in [0.5, 0.6) is 0 Å². The molecule has 7 atom stereocenters. The van der Waals surface area contributed by atoms with Gasteiger partial charge in [-0.3, -0.25) is 18.4 Å². The van der Waals surface area contributed by atoms with E-state index in [9.17, 15) is 19.6 Å². The zero-order valence-electron chi connectivity index (χ0n) is 18.3. The Bertz CT molecular complexity index is 621. The van der Waals surface area contributed by atoms with Crippen molar-refractivity contribution in [1.29, 1.82) is 0 Å². The van der Waals surface area contributed by atoms with Gasteiger partial charge in [-0.05, 0) is 6.42 Å². The number of phosphoric acid groups is 1. The summed E-state index contributed by atoms with van der Waals surface area (Å²) in [5.41, 5.74) is -0.525. The maximum absolute atomic E-state index is 13.2. The van der Waals surface area contributed by atoms with Crippen molar-refractivity contribution >= 4 is 24.7 Å². The summed E-state index contributed by atoms with van der Waals surface area (Å²) in [5, 5.41) is 19.2. The first-order valence-electron chi connectivity index (χ1n) is 10.3. The first-order chi connectivity index (χ1) is 13.9. The number of hydrogen-bond acceptors (Lipinski definition) is 10. The highest BCUT2D eigenvalue weighted by atomic mass is 32.2. The van der Waals surface area contributed by atoms with Gasteiger partial charge in [-0.25, -0.2) is 4.57 Å². The molecule has 2 heterocycles. The van der Waals surface area contributed by atoms with Gasteiger partial charge >= 0.3 is 7.82 Å². The molecule has 2 rings (SSSR count). The molecule has 0 saturated carbocycles. The average Bonchev–Trinajstić information content (AvgIpc) is 3.16. The third-order valence-corrected chi connectivity index (χ3v) is 6.81. The Kier molecular flexibility index (Phi) is 8.21. The van der Waals surface area contributed by atoms with Gasteiger partial charge < -0.3 is 19.7 Å². The van der Waals surface area contributed by atoms with E-state index in [-0.39, 0.29) is 36.9 Å². The number of hydrogen-bond donors (Lipinski definition) is 2. The molecule has 0 aromatic rings. The van der Waals surface area contributed by atoms with Crippen LogP contribution in [0.4, 0.5) is 0 Å². The summed E-state index contributed by atoms with van der Waals surface area (Å²) < 4.78 is 55.0. The first-order valence-corrected chi connectivity index (χ1v) is 11.6. The molecule has 2 N–H and O–H groups in total. The number of aliphatic hydroxyl groups excluding tert-OH is 2. The molecule has 11 heteroatoms. The Hall–Kier alpha value is -0.0300. The second kappa shape index (κ2) is 10.8. The second-order valence-corrected chi connectivity index (χ2v) is 10.2. The van der Waals surface area contributed by atoms with Crippen LogP contribution < -0.4 is 0 Å². The smallest absolute Gasteiger partial charge is 0.394 e. The fourth-order valence-corrected chi connectivity index (χ4v) is 4.69. The lowest BCUT2D eigenvalue weighted by Gasteiger charge is -2.25. The number of carbonyl (C=O) groups excluding carboxylic acids is 1. The lowest BCUT2D eigenvalue weighted by Crippen LogP contribution is -2.29. The van der Waals surface area contributed by atoms with Crippen LogP contribution in [0.15, 0.2) is 0 Å². The lowest BCUT2D eigenvalue weighted by atomic mass is 10.00. The van der Waals surface area contributed by atoms with Gasteiger partial charge in [0.05, 0.1) is 28.7 Å². The third kappa shape index (κ3) is 7.34. The van der Waals surface area contributed by atoms with Gasteiger partial charge in [0, 0.05) is 30.8 Å². The highest BCUT2D eigenvalue weighted by Crippen LogP contribution is 2.52. The maximum Gasteiger partial charge on any atom is 0.475 e. The fraction of sp³-hybridized carbons (Fsp3) is 0.941. The van der Waals surface area contributed by atoms with Crippen molar-refractivity contribution in [3.8, 4) is 0 Å². The van der Waals surface area contributed by atoms with Crippen LogP contribution in [0.1, 0.15) is 36.4 Å². The second-order valence-electron chi connectivity index (χ2n) is 7.51. The van der Waals surface area contributed by atoms with E-state index >= 15 is 0 Å². The fourth-order valence-electron chi connectivity index (χ4n) is 2.38.